The van der Waals surface area contributed by atoms with E-state index < -0.39 is 11.6 Å². The molecule has 0 bridgehead atoms. The normalized spacial score (nSPS) is 10.9. The molecule has 0 saturated carbocycles. The van der Waals surface area contributed by atoms with E-state index in [1.165, 1.54) is 6.07 Å². The Morgan fingerprint density at radius 1 is 1.15 bits per heavy atom. The Bertz CT molecular complexity index is 628. The van der Waals surface area contributed by atoms with Gasteiger partial charge < -0.3 is 4.74 Å². The highest BCUT2D eigenvalue weighted by atomic mass is 35.5. The molecule has 0 saturated heterocycles. The van der Waals surface area contributed by atoms with Crippen LogP contribution in [0.25, 0.3) is 0 Å². The molecule has 1 heterocycles. The van der Waals surface area contributed by atoms with Gasteiger partial charge in [0.1, 0.15) is 0 Å². The van der Waals surface area contributed by atoms with Crippen LogP contribution in [0.1, 0.15) is 13.8 Å². The molecular weight excluding hydrogens is 308 g/mol. The zero-order valence-corrected chi connectivity index (χ0v) is 12.2. The van der Waals surface area contributed by atoms with Crippen molar-refractivity contribution >= 4 is 23.4 Å². The van der Waals surface area contributed by atoms with E-state index in [2.05, 4.69) is 15.0 Å². The third-order valence-electron chi connectivity index (χ3n) is 2.01. The van der Waals surface area contributed by atoms with Crippen molar-refractivity contribution < 1.29 is 13.5 Å². The number of hydrogen-bond donors (Lipinski definition) is 0. The van der Waals surface area contributed by atoms with Gasteiger partial charge in [0.05, 0.1) is 6.10 Å². The van der Waals surface area contributed by atoms with Gasteiger partial charge in [0.25, 0.3) is 0 Å². The summed E-state index contributed by atoms with van der Waals surface area (Å²) in [6, 6.07) is 3.60. The lowest BCUT2D eigenvalue weighted by Gasteiger charge is -2.08. The van der Waals surface area contributed by atoms with Crippen LogP contribution in [0, 0.1) is 11.6 Å². The number of nitrogens with zero attached hydrogens (tertiary/aromatic N) is 3. The van der Waals surface area contributed by atoms with Crippen LogP contribution in [0.3, 0.4) is 0 Å². The summed E-state index contributed by atoms with van der Waals surface area (Å²) in [5, 5.41) is 0.215. The van der Waals surface area contributed by atoms with Crippen LogP contribution < -0.4 is 4.74 Å². The van der Waals surface area contributed by atoms with Gasteiger partial charge in [-0.15, -0.1) is 0 Å². The second-order valence-electron chi connectivity index (χ2n) is 4.01. The molecule has 2 aromatic rings. The van der Waals surface area contributed by atoms with Crippen LogP contribution in [-0.4, -0.2) is 21.1 Å². The lowest BCUT2D eigenvalue weighted by atomic mass is 10.3. The summed E-state index contributed by atoms with van der Waals surface area (Å²) in [5.74, 6) is -1.85. The van der Waals surface area contributed by atoms with Gasteiger partial charge in [-0.05, 0) is 55.4 Å². The van der Waals surface area contributed by atoms with E-state index in [-0.39, 0.29) is 22.6 Å². The van der Waals surface area contributed by atoms with Crippen LogP contribution in [0.5, 0.6) is 6.01 Å². The van der Waals surface area contributed by atoms with Crippen molar-refractivity contribution in [1.29, 1.82) is 0 Å². The summed E-state index contributed by atoms with van der Waals surface area (Å²) in [6.07, 6.45) is -0.116. The maximum Gasteiger partial charge on any atom is 0.322 e. The maximum absolute atomic E-state index is 13.1. The Hall–Kier alpha value is -1.47. The van der Waals surface area contributed by atoms with E-state index >= 15 is 0 Å². The van der Waals surface area contributed by atoms with E-state index in [0.717, 1.165) is 23.9 Å². The van der Waals surface area contributed by atoms with Crippen molar-refractivity contribution in [1.82, 2.24) is 15.0 Å². The van der Waals surface area contributed by atoms with Crippen molar-refractivity contribution in [2.45, 2.75) is 30.0 Å². The first kappa shape index (κ1) is 14.9. The van der Waals surface area contributed by atoms with E-state index in [1.54, 1.807) is 0 Å². The van der Waals surface area contributed by atoms with Crippen LogP contribution >= 0.6 is 23.4 Å². The molecule has 2 rings (SSSR count). The molecule has 0 aliphatic rings. The summed E-state index contributed by atoms with van der Waals surface area (Å²) in [4.78, 5) is 12.2. The van der Waals surface area contributed by atoms with Crippen molar-refractivity contribution in [3.05, 3.63) is 35.1 Å². The number of ether oxygens (including phenoxy) is 1. The predicted octanol–water partition coefficient (Wildman–Crippen LogP) is 3.74. The summed E-state index contributed by atoms with van der Waals surface area (Å²) in [5.41, 5.74) is 0. The second-order valence-corrected chi connectivity index (χ2v) is 5.39. The van der Waals surface area contributed by atoms with E-state index in [9.17, 15) is 8.78 Å². The molecule has 4 nitrogen and oxygen atoms in total. The fraction of sp³-hybridized carbons (Fsp3) is 0.250. The molecule has 0 N–H and O–H groups in total. The molecule has 0 aliphatic carbocycles. The van der Waals surface area contributed by atoms with E-state index in [4.69, 9.17) is 16.3 Å². The third kappa shape index (κ3) is 4.01. The number of hydrogen-bond acceptors (Lipinski definition) is 5. The topological polar surface area (TPSA) is 47.9 Å². The minimum atomic E-state index is -0.936. The Balaban J connectivity index is 2.24. The number of benzene rings is 1. The average Bonchev–Trinajstić information content (AvgIpc) is 2.32. The number of halogens is 3. The summed E-state index contributed by atoms with van der Waals surface area (Å²) >= 11 is 6.80. The number of rotatable bonds is 4. The summed E-state index contributed by atoms with van der Waals surface area (Å²) in [6.45, 7) is 3.64. The maximum atomic E-state index is 13.1. The molecular formula is C12H10ClF2N3OS. The Labute approximate surface area is 123 Å². The molecule has 1 aromatic heterocycles. The first-order valence-corrected chi connectivity index (χ1v) is 6.84. The largest absolute Gasteiger partial charge is 0.461 e. The molecule has 0 atom stereocenters. The van der Waals surface area contributed by atoms with Crippen LogP contribution in [0.15, 0.2) is 28.3 Å². The fourth-order valence-electron chi connectivity index (χ4n) is 1.27. The third-order valence-corrected chi connectivity index (χ3v) is 3.03. The monoisotopic (exact) mass is 317 g/mol. The van der Waals surface area contributed by atoms with Gasteiger partial charge in [0.2, 0.25) is 5.28 Å². The second kappa shape index (κ2) is 6.32. The Morgan fingerprint density at radius 2 is 1.90 bits per heavy atom. The number of aromatic nitrogens is 3. The lowest BCUT2D eigenvalue weighted by molar-refractivity contribution is 0.219. The minimum absolute atomic E-state index is 0.0271. The van der Waals surface area contributed by atoms with Gasteiger partial charge in [0, 0.05) is 4.90 Å². The summed E-state index contributed by atoms with van der Waals surface area (Å²) < 4.78 is 31.3. The standard InChI is InChI=1S/C12H10ClF2N3OS/c1-6(2)19-11-16-10(13)17-12(18-11)20-7-3-4-8(14)9(15)5-7/h3-6H,1-2H3. The van der Waals surface area contributed by atoms with Gasteiger partial charge in [-0.25, -0.2) is 8.78 Å². The summed E-state index contributed by atoms with van der Waals surface area (Å²) in [7, 11) is 0. The molecule has 0 aliphatic heterocycles. The van der Waals surface area contributed by atoms with Gasteiger partial charge in [-0.1, -0.05) is 0 Å². The van der Waals surface area contributed by atoms with Gasteiger partial charge in [-0.2, -0.15) is 15.0 Å². The minimum Gasteiger partial charge on any atom is -0.461 e. The molecule has 20 heavy (non-hydrogen) atoms. The van der Waals surface area contributed by atoms with Crippen LogP contribution in [0.4, 0.5) is 8.78 Å². The molecule has 0 amide bonds. The molecule has 1 aromatic carbocycles. The van der Waals surface area contributed by atoms with Gasteiger partial charge >= 0.3 is 6.01 Å². The molecule has 106 valence electrons. The zero-order chi connectivity index (χ0) is 14.7. The molecule has 0 radical (unpaired) electrons. The SMILES string of the molecule is CC(C)Oc1nc(Cl)nc(Sc2ccc(F)c(F)c2)n1. The van der Waals surface area contributed by atoms with Crippen molar-refractivity contribution in [2.24, 2.45) is 0 Å². The average molecular weight is 318 g/mol. The highest BCUT2D eigenvalue weighted by Gasteiger charge is 2.10. The molecule has 8 heteroatoms. The van der Waals surface area contributed by atoms with Crippen LogP contribution in [0.2, 0.25) is 5.28 Å². The lowest BCUT2D eigenvalue weighted by Crippen LogP contribution is -2.09. The smallest absolute Gasteiger partial charge is 0.322 e. The Kier molecular flexibility index (Phi) is 4.72. The van der Waals surface area contributed by atoms with E-state index in [1.807, 2.05) is 13.8 Å². The van der Waals surface area contributed by atoms with Gasteiger partial charge in [0.15, 0.2) is 16.8 Å². The van der Waals surface area contributed by atoms with Crippen LogP contribution in [-0.2, 0) is 0 Å². The highest BCUT2D eigenvalue weighted by molar-refractivity contribution is 7.99. The Morgan fingerprint density at radius 3 is 2.55 bits per heavy atom. The first-order valence-electron chi connectivity index (χ1n) is 5.65. The van der Waals surface area contributed by atoms with Crippen molar-refractivity contribution in [3.63, 3.8) is 0 Å². The zero-order valence-electron chi connectivity index (χ0n) is 10.6. The van der Waals surface area contributed by atoms with Crippen molar-refractivity contribution in [2.75, 3.05) is 0 Å². The molecule has 0 spiro atoms. The molecule has 0 unspecified atom stereocenters. The molecule has 0 fully saturated rings. The van der Waals surface area contributed by atoms with E-state index in [0.29, 0.717) is 4.90 Å². The van der Waals surface area contributed by atoms with Crippen molar-refractivity contribution in [3.8, 4) is 6.01 Å². The first-order chi connectivity index (χ1) is 9.44. The predicted molar refractivity (Wildman–Crippen MR) is 71.1 cm³/mol. The fourth-order valence-corrected chi connectivity index (χ4v) is 2.24. The highest BCUT2D eigenvalue weighted by Crippen LogP contribution is 2.27. The quantitative estimate of drug-likeness (QED) is 0.859. The van der Waals surface area contributed by atoms with Gasteiger partial charge in [-0.3, -0.25) is 0 Å².